The van der Waals surface area contributed by atoms with E-state index in [4.69, 9.17) is 10.8 Å². The first-order valence-corrected chi connectivity index (χ1v) is 8.39. The predicted molar refractivity (Wildman–Crippen MR) is 96.2 cm³/mol. The maximum Gasteiger partial charge on any atom is 0.404 e. The number of primary amides is 1. The third-order valence-electron chi connectivity index (χ3n) is 5.42. The van der Waals surface area contributed by atoms with E-state index in [0.29, 0.717) is 17.5 Å². The smallest absolute Gasteiger partial charge is 0.404 e. The van der Waals surface area contributed by atoms with E-state index in [1.807, 2.05) is 44.2 Å². The summed E-state index contributed by atoms with van der Waals surface area (Å²) >= 11 is 0. The van der Waals surface area contributed by atoms with Crippen LogP contribution in [0.5, 0.6) is 0 Å². The summed E-state index contributed by atoms with van der Waals surface area (Å²) in [5.74, 6) is -1.04. The van der Waals surface area contributed by atoms with Gasteiger partial charge in [-0.1, -0.05) is 56.3 Å². The van der Waals surface area contributed by atoms with Gasteiger partial charge in [-0.25, -0.2) is 9.18 Å². The Hall–Kier alpha value is -2.89. The van der Waals surface area contributed by atoms with Crippen LogP contribution in [-0.2, 0) is 10.2 Å². The summed E-state index contributed by atoms with van der Waals surface area (Å²) in [5.41, 5.74) is 5.76. The number of carboxylic acid groups (broad SMARTS) is 1. The molecule has 2 amide bonds. The van der Waals surface area contributed by atoms with Crippen molar-refractivity contribution in [3.63, 3.8) is 0 Å². The van der Waals surface area contributed by atoms with Crippen LogP contribution in [0.3, 0.4) is 0 Å². The molecule has 1 atom stereocenters. The quantitative estimate of drug-likeness (QED) is 0.742. The molecule has 4 N–H and O–H groups in total. The van der Waals surface area contributed by atoms with E-state index < -0.39 is 28.6 Å². The van der Waals surface area contributed by atoms with Crippen LogP contribution >= 0.6 is 0 Å². The molecule has 4 rings (SSSR count). The molecular weight excluding hydrogens is 335 g/mol. The van der Waals surface area contributed by atoms with Crippen molar-refractivity contribution >= 4 is 12.0 Å². The summed E-state index contributed by atoms with van der Waals surface area (Å²) in [6.07, 6.45) is -0.810. The molecule has 1 unspecified atom stereocenters. The Morgan fingerprint density at radius 3 is 2.38 bits per heavy atom. The molecule has 2 aromatic carbocycles. The van der Waals surface area contributed by atoms with Crippen molar-refractivity contribution in [3.8, 4) is 11.1 Å². The average Bonchev–Trinajstić information content (AvgIpc) is 2.59. The van der Waals surface area contributed by atoms with E-state index in [2.05, 4.69) is 5.32 Å². The lowest BCUT2D eigenvalue weighted by atomic mass is 9.49. The Kier molecular flexibility index (Phi) is 4.22. The number of carbonyl (C=O) groups excluding carboxylic acids is 1. The van der Waals surface area contributed by atoms with Gasteiger partial charge in [0.2, 0.25) is 5.91 Å². The Morgan fingerprint density at radius 1 is 1.19 bits per heavy atom. The van der Waals surface area contributed by atoms with Crippen LogP contribution in [0.1, 0.15) is 31.4 Å². The molecule has 0 aromatic heterocycles. The third-order valence-corrected chi connectivity index (χ3v) is 5.42. The lowest BCUT2D eigenvalue weighted by molar-refractivity contribution is -0.127. The number of nitrogens with one attached hydrogen (secondary N) is 1. The van der Waals surface area contributed by atoms with Gasteiger partial charge in [0.05, 0.1) is 0 Å². The zero-order valence-corrected chi connectivity index (χ0v) is 14.7. The molecule has 2 aromatic rings. The predicted octanol–water partition coefficient (Wildman–Crippen LogP) is 3.26. The molecule has 0 saturated heterocycles. The summed E-state index contributed by atoms with van der Waals surface area (Å²) in [6.45, 7) is 3.77. The first-order valence-electron chi connectivity index (χ1n) is 8.39. The highest BCUT2D eigenvalue weighted by Gasteiger charge is 2.61. The second kappa shape index (κ2) is 6.12. The summed E-state index contributed by atoms with van der Waals surface area (Å²) in [4.78, 5) is 23.3. The topological polar surface area (TPSA) is 92.4 Å². The zero-order valence-electron chi connectivity index (χ0n) is 14.7. The molecule has 0 radical (unpaired) electrons. The molecule has 5 nitrogen and oxygen atoms in total. The lowest BCUT2D eigenvalue weighted by Gasteiger charge is -2.52. The zero-order chi connectivity index (χ0) is 19.1. The van der Waals surface area contributed by atoms with Crippen molar-refractivity contribution in [1.29, 1.82) is 0 Å². The molecule has 0 saturated carbocycles. The van der Waals surface area contributed by atoms with E-state index in [-0.39, 0.29) is 12.1 Å². The molecule has 2 aliphatic carbocycles. The third kappa shape index (κ3) is 2.36. The maximum absolute atomic E-state index is 14.9. The van der Waals surface area contributed by atoms with Gasteiger partial charge in [0.25, 0.3) is 0 Å². The SMILES string of the molecule is CC(C)(CCNC(=O)O)C1(C(N)=O)c2ccc(-c3ccccc3)c1c2F. The molecule has 6 heteroatoms. The Morgan fingerprint density at radius 2 is 1.85 bits per heavy atom. The van der Waals surface area contributed by atoms with Gasteiger partial charge in [-0.05, 0) is 23.0 Å². The maximum atomic E-state index is 14.9. The highest BCUT2D eigenvalue weighted by Crippen LogP contribution is 2.59. The second-order valence-electron chi connectivity index (χ2n) is 7.20. The normalized spacial score (nSPS) is 18.1. The van der Waals surface area contributed by atoms with E-state index in [1.165, 1.54) is 0 Å². The summed E-state index contributed by atoms with van der Waals surface area (Å²) in [7, 11) is 0. The van der Waals surface area contributed by atoms with Crippen LogP contribution in [-0.4, -0.2) is 23.7 Å². The Bertz CT molecular complexity index is 880. The van der Waals surface area contributed by atoms with Gasteiger partial charge in [-0.3, -0.25) is 4.79 Å². The lowest BCUT2D eigenvalue weighted by Crippen LogP contribution is -2.59. The van der Waals surface area contributed by atoms with Crippen LogP contribution in [0.25, 0.3) is 11.1 Å². The van der Waals surface area contributed by atoms with Crippen LogP contribution in [0.2, 0.25) is 0 Å². The van der Waals surface area contributed by atoms with Crippen LogP contribution in [0, 0.1) is 11.2 Å². The number of benzene rings is 2. The van der Waals surface area contributed by atoms with E-state index in [0.717, 1.165) is 5.56 Å². The molecule has 26 heavy (non-hydrogen) atoms. The van der Waals surface area contributed by atoms with Crippen molar-refractivity contribution in [2.75, 3.05) is 6.54 Å². The number of hydrogen-bond donors (Lipinski definition) is 3. The van der Waals surface area contributed by atoms with Crippen molar-refractivity contribution in [2.24, 2.45) is 11.1 Å². The summed E-state index contributed by atoms with van der Waals surface area (Å²) < 4.78 is 14.9. The molecule has 0 heterocycles. The Labute approximate surface area is 151 Å². The van der Waals surface area contributed by atoms with Crippen molar-refractivity contribution in [3.05, 3.63) is 59.4 Å². The van der Waals surface area contributed by atoms with Gasteiger partial charge in [-0.15, -0.1) is 0 Å². The van der Waals surface area contributed by atoms with Crippen molar-refractivity contribution in [1.82, 2.24) is 5.32 Å². The molecule has 2 bridgehead atoms. The number of carbonyl (C=O) groups is 2. The highest BCUT2D eigenvalue weighted by atomic mass is 19.1. The molecule has 2 aliphatic rings. The van der Waals surface area contributed by atoms with Gasteiger partial charge in [0.15, 0.2) is 0 Å². The number of fused-ring (bicyclic) bond motifs is 2. The first kappa shape index (κ1) is 17.9. The first-order chi connectivity index (χ1) is 12.2. The van der Waals surface area contributed by atoms with Crippen molar-refractivity contribution < 1.29 is 19.1 Å². The number of amides is 2. The van der Waals surface area contributed by atoms with Gasteiger partial charge >= 0.3 is 6.09 Å². The fraction of sp³-hybridized carbons (Fsp3) is 0.300. The fourth-order valence-corrected chi connectivity index (χ4v) is 4.12. The van der Waals surface area contributed by atoms with Crippen LogP contribution in [0.15, 0.2) is 42.5 Å². The van der Waals surface area contributed by atoms with E-state index in [9.17, 15) is 14.0 Å². The minimum absolute atomic E-state index is 0.143. The summed E-state index contributed by atoms with van der Waals surface area (Å²) in [5, 5.41) is 11.1. The number of rotatable bonds is 6. The monoisotopic (exact) mass is 356 g/mol. The minimum atomic E-state index is -1.28. The molecule has 136 valence electrons. The highest BCUT2D eigenvalue weighted by molar-refractivity contribution is 5.99. The molecule has 0 aliphatic heterocycles. The number of hydrogen-bond acceptors (Lipinski definition) is 2. The summed E-state index contributed by atoms with van der Waals surface area (Å²) in [6, 6.07) is 12.7. The van der Waals surface area contributed by atoms with E-state index >= 15 is 0 Å². The van der Waals surface area contributed by atoms with Gasteiger partial charge in [0.1, 0.15) is 11.2 Å². The standard InChI is InChI=1S/C20H21FN2O3/c1-19(2,10-11-23-18(25)26)20(17(22)24)14-9-8-13(15(20)16(14)21)12-6-4-3-5-7-12/h3-9,23H,10-11H2,1-2H3,(H2,22,24)(H,25,26). The number of nitrogens with two attached hydrogens (primary N) is 1. The van der Waals surface area contributed by atoms with Crippen LogP contribution in [0.4, 0.5) is 9.18 Å². The second-order valence-corrected chi connectivity index (χ2v) is 7.20. The molecular formula is C20H21FN2O3. The van der Waals surface area contributed by atoms with E-state index in [1.54, 1.807) is 12.1 Å². The average molecular weight is 356 g/mol. The Balaban J connectivity index is 2.10. The van der Waals surface area contributed by atoms with Gasteiger partial charge in [0, 0.05) is 17.7 Å². The largest absolute Gasteiger partial charge is 0.465 e. The van der Waals surface area contributed by atoms with Gasteiger partial charge in [-0.2, -0.15) is 0 Å². The van der Waals surface area contributed by atoms with Crippen LogP contribution < -0.4 is 11.1 Å². The van der Waals surface area contributed by atoms with Crippen molar-refractivity contribution in [2.45, 2.75) is 25.7 Å². The molecule has 0 spiro atoms. The molecule has 0 fully saturated rings. The number of halogens is 1. The minimum Gasteiger partial charge on any atom is -0.465 e. The van der Waals surface area contributed by atoms with Gasteiger partial charge < -0.3 is 16.2 Å². The fourth-order valence-electron chi connectivity index (χ4n) is 4.12.